The van der Waals surface area contributed by atoms with Gasteiger partial charge in [-0.25, -0.2) is 0 Å². The highest BCUT2D eigenvalue weighted by atomic mass is 16.3. The van der Waals surface area contributed by atoms with Crippen LogP contribution < -0.4 is 10.9 Å². The number of fused-ring (bicyclic) bond motifs is 1. The number of hydrogen-bond donors (Lipinski definition) is 2. The van der Waals surface area contributed by atoms with Gasteiger partial charge in [-0.3, -0.25) is 14.6 Å². The molecular formula is C18H19N3O3. The average molecular weight is 325 g/mol. The largest absolute Gasteiger partial charge is 0.507 e. The fourth-order valence-electron chi connectivity index (χ4n) is 3.46. The number of aromatic hydroxyl groups is 1. The summed E-state index contributed by atoms with van der Waals surface area (Å²) in [5.41, 5.74) is 1.66. The van der Waals surface area contributed by atoms with E-state index in [0.29, 0.717) is 12.1 Å². The summed E-state index contributed by atoms with van der Waals surface area (Å²) in [6, 6.07) is 3.57. The van der Waals surface area contributed by atoms with Crippen molar-refractivity contribution < 1.29 is 9.90 Å². The zero-order chi connectivity index (χ0) is 16.7. The highest BCUT2D eigenvalue weighted by molar-refractivity contribution is 6.06. The Kier molecular flexibility index (Phi) is 3.59. The molecule has 2 aromatic heterocycles. The Bertz CT molecular complexity index is 854. The summed E-state index contributed by atoms with van der Waals surface area (Å²) in [6.45, 7) is 0. The SMILES string of the molecule is O=C(Nc1cccnc1)c1c(O)c2c(n(C3CC3)c1=O)CCCC2. The van der Waals surface area contributed by atoms with Crippen LogP contribution in [0.3, 0.4) is 0 Å². The molecule has 6 heteroatoms. The van der Waals surface area contributed by atoms with Gasteiger partial charge in [0.05, 0.1) is 11.9 Å². The molecule has 0 saturated heterocycles. The molecule has 2 N–H and O–H groups in total. The van der Waals surface area contributed by atoms with Crippen LogP contribution in [0.5, 0.6) is 5.75 Å². The van der Waals surface area contributed by atoms with Gasteiger partial charge in [0.2, 0.25) is 0 Å². The first-order valence-corrected chi connectivity index (χ1v) is 8.37. The summed E-state index contributed by atoms with van der Waals surface area (Å²) in [4.78, 5) is 29.5. The molecule has 1 fully saturated rings. The maximum atomic E-state index is 12.9. The van der Waals surface area contributed by atoms with E-state index in [1.165, 1.54) is 6.20 Å². The molecule has 0 radical (unpaired) electrons. The smallest absolute Gasteiger partial charge is 0.267 e. The fourth-order valence-corrected chi connectivity index (χ4v) is 3.46. The molecule has 0 unspecified atom stereocenters. The van der Waals surface area contributed by atoms with Crippen LogP contribution in [0, 0.1) is 0 Å². The number of aromatic nitrogens is 2. The fraction of sp³-hybridized carbons (Fsp3) is 0.389. The van der Waals surface area contributed by atoms with Gasteiger partial charge < -0.3 is 15.0 Å². The second-order valence-electron chi connectivity index (χ2n) is 6.46. The van der Waals surface area contributed by atoms with Crippen LogP contribution in [-0.4, -0.2) is 20.6 Å². The van der Waals surface area contributed by atoms with Crippen molar-refractivity contribution in [1.82, 2.24) is 9.55 Å². The zero-order valence-electron chi connectivity index (χ0n) is 13.3. The van der Waals surface area contributed by atoms with E-state index in [0.717, 1.165) is 43.4 Å². The monoisotopic (exact) mass is 325 g/mol. The van der Waals surface area contributed by atoms with E-state index in [1.807, 2.05) is 0 Å². The minimum Gasteiger partial charge on any atom is -0.507 e. The molecule has 2 aliphatic carbocycles. The first-order chi connectivity index (χ1) is 11.7. The van der Waals surface area contributed by atoms with E-state index < -0.39 is 5.91 Å². The molecule has 6 nitrogen and oxygen atoms in total. The number of pyridine rings is 2. The Morgan fingerprint density at radius 1 is 1.29 bits per heavy atom. The molecule has 2 aliphatic rings. The quantitative estimate of drug-likeness (QED) is 0.907. The average Bonchev–Trinajstić information content (AvgIpc) is 3.41. The molecule has 2 aromatic rings. The second-order valence-corrected chi connectivity index (χ2v) is 6.46. The molecular weight excluding hydrogens is 306 g/mol. The van der Waals surface area contributed by atoms with Crippen molar-refractivity contribution >= 4 is 11.6 Å². The summed E-state index contributed by atoms with van der Waals surface area (Å²) in [5, 5.41) is 13.3. The minimum absolute atomic E-state index is 0.145. The molecule has 124 valence electrons. The zero-order valence-corrected chi connectivity index (χ0v) is 13.3. The number of carbonyl (C=O) groups excluding carboxylic acids is 1. The summed E-state index contributed by atoms with van der Waals surface area (Å²) in [7, 11) is 0. The molecule has 0 aromatic carbocycles. The molecule has 1 saturated carbocycles. The van der Waals surface area contributed by atoms with Gasteiger partial charge in [0, 0.05) is 23.5 Å². The summed E-state index contributed by atoms with van der Waals surface area (Å²) >= 11 is 0. The standard InChI is InChI=1S/C18H19N3O3/c22-16-13-5-1-2-6-14(13)21(12-7-8-12)18(24)15(16)17(23)20-11-4-3-9-19-10-11/h3-4,9-10,12,22H,1-2,5-8H2,(H,20,23). The van der Waals surface area contributed by atoms with Gasteiger partial charge in [0.1, 0.15) is 11.3 Å². The number of rotatable bonds is 3. The maximum Gasteiger partial charge on any atom is 0.267 e. The van der Waals surface area contributed by atoms with E-state index in [1.54, 1.807) is 22.9 Å². The van der Waals surface area contributed by atoms with Crippen molar-refractivity contribution in [2.24, 2.45) is 0 Å². The normalized spacial score (nSPS) is 16.5. The molecule has 0 bridgehead atoms. The highest BCUT2D eigenvalue weighted by Crippen LogP contribution is 2.39. The third kappa shape index (κ3) is 2.48. The molecule has 1 amide bonds. The van der Waals surface area contributed by atoms with Crippen LogP contribution in [0.15, 0.2) is 29.3 Å². The van der Waals surface area contributed by atoms with Crippen LogP contribution in [0.2, 0.25) is 0 Å². The lowest BCUT2D eigenvalue weighted by Gasteiger charge is -2.23. The number of amides is 1. The summed E-state index contributed by atoms with van der Waals surface area (Å²) in [5.74, 6) is -0.721. The Hall–Kier alpha value is -2.63. The summed E-state index contributed by atoms with van der Waals surface area (Å²) < 4.78 is 1.76. The Labute approximate surface area is 139 Å². The Morgan fingerprint density at radius 2 is 2.08 bits per heavy atom. The maximum absolute atomic E-state index is 12.9. The van der Waals surface area contributed by atoms with Gasteiger partial charge in [-0.2, -0.15) is 0 Å². The molecule has 0 spiro atoms. The number of nitrogens with zero attached hydrogens (tertiary/aromatic N) is 2. The third-order valence-electron chi connectivity index (χ3n) is 4.74. The van der Waals surface area contributed by atoms with Crippen molar-refractivity contribution in [3.05, 3.63) is 51.7 Å². The van der Waals surface area contributed by atoms with Gasteiger partial charge in [0.25, 0.3) is 11.5 Å². The number of carbonyl (C=O) groups is 1. The predicted octanol–water partition coefficient (Wildman–Crippen LogP) is 2.41. The van der Waals surface area contributed by atoms with Gasteiger partial charge in [-0.1, -0.05) is 0 Å². The minimum atomic E-state index is -0.576. The first-order valence-electron chi connectivity index (χ1n) is 8.37. The Balaban J connectivity index is 1.81. The highest BCUT2D eigenvalue weighted by Gasteiger charge is 2.33. The van der Waals surface area contributed by atoms with Gasteiger partial charge in [-0.05, 0) is 50.7 Å². The van der Waals surface area contributed by atoms with Gasteiger partial charge in [0.15, 0.2) is 0 Å². The van der Waals surface area contributed by atoms with Crippen molar-refractivity contribution in [3.63, 3.8) is 0 Å². The van der Waals surface area contributed by atoms with Crippen LogP contribution in [-0.2, 0) is 12.8 Å². The molecule has 0 atom stereocenters. The molecule has 4 rings (SSSR count). The van der Waals surface area contributed by atoms with Crippen LogP contribution in [0.4, 0.5) is 5.69 Å². The van der Waals surface area contributed by atoms with Crippen molar-refractivity contribution in [1.29, 1.82) is 0 Å². The molecule has 2 heterocycles. The van der Waals surface area contributed by atoms with Crippen molar-refractivity contribution in [2.45, 2.75) is 44.6 Å². The van der Waals surface area contributed by atoms with Crippen LogP contribution in [0.25, 0.3) is 0 Å². The van der Waals surface area contributed by atoms with Crippen molar-refractivity contribution in [2.75, 3.05) is 5.32 Å². The van der Waals surface area contributed by atoms with Gasteiger partial charge in [-0.15, -0.1) is 0 Å². The van der Waals surface area contributed by atoms with Crippen LogP contribution in [0.1, 0.15) is 53.3 Å². The van der Waals surface area contributed by atoms with E-state index in [-0.39, 0.29) is 22.9 Å². The van der Waals surface area contributed by atoms with Crippen molar-refractivity contribution in [3.8, 4) is 5.75 Å². The topological polar surface area (TPSA) is 84.2 Å². The Morgan fingerprint density at radius 3 is 2.79 bits per heavy atom. The third-order valence-corrected chi connectivity index (χ3v) is 4.74. The lowest BCUT2D eigenvalue weighted by Crippen LogP contribution is -2.33. The number of nitrogens with one attached hydrogen (secondary N) is 1. The van der Waals surface area contributed by atoms with Gasteiger partial charge >= 0.3 is 0 Å². The van der Waals surface area contributed by atoms with E-state index >= 15 is 0 Å². The van der Waals surface area contributed by atoms with E-state index in [4.69, 9.17) is 0 Å². The van der Waals surface area contributed by atoms with E-state index in [9.17, 15) is 14.7 Å². The van der Waals surface area contributed by atoms with E-state index in [2.05, 4.69) is 10.3 Å². The molecule has 0 aliphatic heterocycles. The summed E-state index contributed by atoms with van der Waals surface area (Å²) in [6.07, 6.45) is 8.51. The lowest BCUT2D eigenvalue weighted by molar-refractivity contribution is 0.102. The first kappa shape index (κ1) is 14.9. The number of hydrogen-bond acceptors (Lipinski definition) is 4. The lowest BCUT2D eigenvalue weighted by atomic mass is 9.93. The predicted molar refractivity (Wildman–Crippen MR) is 89.5 cm³/mol. The van der Waals surface area contributed by atoms with Crippen LogP contribution >= 0.6 is 0 Å². The molecule has 24 heavy (non-hydrogen) atoms. The number of anilines is 1. The second kappa shape index (κ2) is 5.78.